The van der Waals surface area contributed by atoms with Gasteiger partial charge in [-0.05, 0) is 39.2 Å². The Hall–Kier alpha value is -2.61. The van der Waals surface area contributed by atoms with Gasteiger partial charge in [-0.25, -0.2) is 0 Å². The van der Waals surface area contributed by atoms with Crippen LogP contribution in [0.3, 0.4) is 0 Å². The normalized spacial score (nSPS) is 30.5. The van der Waals surface area contributed by atoms with Crippen LogP contribution in [0.1, 0.15) is 70.9 Å². The van der Waals surface area contributed by atoms with Crippen molar-refractivity contribution in [3.63, 3.8) is 0 Å². The maximum absolute atomic E-state index is 13.7. The summed E-state index contributed by atoms with van der Waals surface area (Å²) in [5.41, 5.74) is -2.00. The Morgan fingerprint density at radius 2 is 1.85 bits per heavy atom. The molecule has 3 aliphatic rings. The van der Waals surface area contributed by atoms with Crippen LogP contribution in [-0.4, -0.2) is 51.1 Å². The number of hydrogen-bond donors (Lipinski definition) is 3. The molecular weight excluding hydrogens is 424 g/mol. The molecule has 8 nitrogen and oxygen atoms in total. The van der Waals surface area contributed by atoms with Crippen LogP contribution >= 0.6 is 0 Å². The summed E-state index contributed by atoms with van der Waals surface area (Å²) in [7, 11) is 1.43. The number of nitrogens with one attached hydrogen (secondary N) is 1. The minimum absolute atomic E-state index is 0.149. The van der Waals surface area contributed by atoms with Gasteiger partial charge in [0.05, 0.1) is 18.9 Å². The lowest BCUT2D eigenvalue weighted by molar-refractivity contribution is -0.154. The topological polar surface area (TPSA) is 116 Å². The van der Waals surface area contributed by atoms with Crippen LogP contribution in [-0.2, 0) is 14.4 Å². The van der Waals surface area contributed by atoms with Crippen LogP contribution in [0.25, 0.3) is 0 Å². The van der Waals surface area contributed by atoms with Gasteiger partial charge in [0.15, 0.2) is 11.5 Å². The zero-order chi connectivity index (χ0) is 24.1. The van der Waals surface area contributed by atoms with Crippen molar-refractivity contribution in [2.75, 3.05) is 7.11 Å². The Morgan fingerprint density at radius 3 is 2.42 bits per heavy atom. The number of aliphatic carboxylic acids is 1. The third kappa shape index (κ3) is 3.68. The van der Waals surface area contributed by atoms with E-state index < -0.39 is 46.7 Å². The van der Waals surface area contributed by atoms with E-state index in [0.717, 1.165) is 32.1 Å². The first-order valence-corrected chi connectivity index (χ1v) is 11.8. The Balaban J connectivity index is 1.85. The molecule has 2 heterocycles. The Morgan fingerprint density at radius 1 is 1.18 bits per heavy atom. The highest BCUT2D eigenvalue weighted by Gasteiger charge is 2.69. The highest BCUT2D eigenvalue weighted by Crippen LogP contribution is 2.54. The number of benzene rings is 1. The molecule has 2 aliphatic heterocycles. The molecule has 0 radical (unpaired) electrons. The van der Waals surface area contributed by atoms with E-state index in [4.69, 9.17) is 4.74 Å². The molecule has 3 fully saturated rings. The molecule has 0 spiro atoms. The minimum Gasteiger partial charge on any atom is -0.504 e. The van der Waals surface area contributed by atoms with Gasteiger partial charge in [-0.2, -0.15) is 0 Å². The van der Waals surface area contributed by atoms with Gasteiger partial charge in [0, 0.05) is 17.1 Å². The van der Waals surface area contributed by atoms with Crippen molar-refractivity contribution in [2.45, 2.75) is 76.4 Å². The van der Waals surface area contributed by atoms with Crippen LogP contribution in [0.15, 0.2) is 18.2 Å². The molecule has 8 heteroatoms. The van der Waals surface area contributed by atoms with E-state index in [9.17, 15) is 24.6 Å². The number of ether oxygens (including phenoxy) is 1. The first kappa shape index (κ1) is 23.5. The lowest BCUT2D eigenvalue weighted by atomic mass is 9.72. The van der Waals surface area contributed by atoms with Crippen LogP contribution in [0.5, 0.6) is 11.5 Å². The van der Waals surface area contributed by atoms with Gasteiger partial charge in [-0.15, -0.1) is 0 Å². The number of hydrogen-bond acceptors (Lipinski definition) is 6. The van der Waals surface area contributed by atoms with Crippen molar-refractivity contribution < 1.29 is 29.3 Å². The number of carboxylic acids is 1. The smallest absolute Gasteiger partial charge is 0.324 e. The van der Waals surface area contributed by atoms with Crippen molar-refractivity contribution in [1.82, 2.24) is 10.2 Å². The number of aromatic hydroxyl groups is 1. The number of methoxy groups -OCH3 is 1. The third-order valence-electron chi connectivity index (χ3n) is 7.63. The summed E-state index contributed by atoms with van der Waals surface area (Å²) in [6.45, 7) is 5.33. The SMILES string of the molecule is COc1cccc(C2NC(CC3CCCCC3)(C(=O)O)C3C(=O)N(C(C)(C)C)C(=O)C23)c1O. The van der Waals surface area contributed by atoms with Gasteiger partial charge in [0.2, 0.25) is 11.8 Å². The van der Waals surface area contributed by atoms with Crippen molar-refractivity contribution in [1.29, 1.82) is 0 Å². The summed E-state index contributed by atoms with van der Waals surface area (Å²) < 4.78 is 5.24. The standard InChI is InChI=1S/C25H34N2O6/c1-24(2,3)27-21(29)17-18(22(27)30)25(23(31)32,13-14-9-6-5-7-10-14)26-19(17)15-11-8-12-16(33-4)20(15)28/h8,11-12,14,17-19,26,28H,5-7,9-10,13H2,1-4H3,(H,31,32). The number of carbonyl (C=O) groups excluding carboxylic acids is 2. The summed E-state index contributed by atoms with van der Waals surface area (Å²) in [5.74, 6) is -3.69. The molecule has 1 aromatic rings. The fraction of sp³-hybridized carbons (Fsp3) is 0.640. The van der Waals surface area contributed by atoms with E-state index >= 15 is 0 Å². The van der Waals surface area contributed by atoms with Gasteiger partial charge >= 0.3 is 5.97 Å². The number of para-hydroxylation sites is 1. The van der Waals surface area contributed by atoms with E-state index in [-0.39, 0.29) is 23.8 Å². The number of phenols is 1. The highest BCUT2D eigenvalue weighted by atomic mass is 16.5. The van der Waals surface area contributed by atoms with E-state index in [1.807, 2.05) is 0 Å². The van der Waals surface area contributed by atoms with Crippen molar-refractivity contribution in [3.05, 3.63) is 23.8 Å². The number of rotatable bonds is 5. The maximum Gasteiger partial charge on any atom is 0.324 e. The monoisotopic (exact) mass is 458 g/mol. The summed E-state index contributed by atoms with van der Waals surface area (Å²) in [6, 6.07) is 4.12. The average molecular weight is 459 g/mol. The van der Waals surface area contributed by atoms with Crippen molar-refractivity contribution in [2.24, 2.45) is 17.8 Å². The molecule has 180 valence electrons. The Kier molecular flexibility index (Phi) is 5.93. The van der Waals surface area contributed by atoms with Gasteiger partial charge in [-0.1, -0.05) is 44.2 Å². The molecule has 3 N–H and O–H groups in total. The Bertz CT molecular complexity index is 964. The number of likely N-dealkylation sites (tertiary alicyclic amines) is 1. The maximum atomic E-state index is 13.7. The van der Waals surface area contributed by atoms with E-state index in [2.05, 4.69) is 5.32 Å². The molecule has 1 aromatic carbocycles. The highest BCUT2D eigenvalue weighted by molar-refractivity contribution is 6.10. The molecule has 0 bridgehead atoms. The van der Waals surface area contributed by atoms with Crippen molar-refractivity contribution in [3.8, 4) is 11.5 Å². The average Bonchev–Trinajstić information content (AvgIpc) is 3.23. The zero-order valence-corrected chi connectivity index (χ0v) is 19.8. The third-order valence-corrected chi connectivity index (χ3v) is 7.63. The molecule has 4 atom stereocenters. The molecule has 33 heavy (non-hydrogen) atoms. The number of nitrogens with zero attached hydrogens (tertiary/aromatic N) is 1. The molecule has 4 rings (SSSR count). The van der Waals surface area contributed by atoms with Crippen LogP contribution in [0.2, 0.25) is 0 Å². The number of amides is 2. The molecule has 1 aliphatic carbocycles. The molecule has 2 amide bonds. The predicted molar refractivity (Wildman–Crippen MR) is 121 cm³/mol. The second kappa shape index (κ2) is 8.31. The van der Waals surface area contributed by atoms with Crippen LogP contribution < -0.4 is 10.1 Å². The lowest BCUT2D eigenvalue weighted by Crippen LogP contribution is -2.58. The second-order valence-electron chi connectivity index (χ2n) is 10.7. The number of carboxylic acid groups (broad SMARTS) is 1. The number of phenolic OH excluding ortho intramolecular Hbond substituents is 1. The van der Waals surface area contributed by atoms with Gasteiger partial charge in [-0.3, -0.25) is 24.6 Å². The fourth-order valence-electron chi connectivity index (χ4n) is 6.20. The summed E-state index contributed by atoms with van der Waals surface area (Å²) in [5, 5.41) is 24.6. The van der Waals surface area contributed by atoms with Gasteiger partial charge in [0.1, 0.15) is 5.54 Å². The summed E-state index contributed by atoms with van der Waals surface area (Å²) in [6.07, 6.45) is 5.31. The second-order valence-corrected chi connectivity index (χ2v) is 10.7. The van der Waals surface area contributed by atoms with E-state index in [1.54, 1.807) is 39.0 Å². The first-order chi connectivity index (χ1) is 15.5. The molecular formula is C25H34N2O6. The fourth-order valence-corrected chi connectivity index (χ4v) is 6.20. The van der Waals surface area contributed by atoms with Gasteiger partial charge in [0.25, 0.3) is 0 Å². The number of carbonyl (C=O) groups is 3. The molecule has 1 saturated carbocycles. The molecule has 2 saturated heterocycles. The predicted octanol–water partition coefficient (Wildman–Crippen LogP) is 3.24. The van der Waals surface area contributed by atoms with Crippen LogP contribution in [0.4, 0.5) is 0 Å². The summed E-state index contributed by atoms with van der Waals surface area (Å²) in [4.78, 5) is 41.5. The summed E-state index contributed by atoms with van der Waals surface area (Å²) >= 11 is 0. The van der Waals surface area contributed by atoms with Gasteiger partial charge < -0.3 is 14.9 Å². The quantitative estimate of drug-likeness (QED) is 0.580. The first-order valence-electron chi connectivity index (χ1n) is 11.8. The minimum atomic E-state index is -1.58. The number of fused-ring (bicyclic) bond motifs is 1. The largest absolute Gasteiger partial charge is 0.504 e. The Labute approximate surface area is 194 Å². The van der Waals surface area contributed by atoms with Crippen LogP contribution in [0, 0.1) is 17.8 Å². The molecule has 4 unspecified atom stereocenters. The lowest BCUT2D eigenvalue weighted by Gasteiger charge is -2.37. The molecule has 0 aromatic heterocycles. The number of imide groups is 1. The van der Waals surface area contributed by atoms with E-state index in [1.165, 1.54) is 12.0 Å². The van der Waals surface area contributed by atoms with E-state index in [0.29, 0.717) is 5.56 Å². The zero-order valence-electron chi connectivity index (χ0n) is 19.8. The van der Waals surface area contributed by atoms with Crippen molar-refractivity contribution >= 4 is 17.8 Å².